The monoisotopic (exact) mass is 444 g/mol. The van der Waals surface area contributed by atoms with E-state index in [0.29, 0.717) is 36.0 Å². The van der Waals surface area contributed by atoms with Gasteiger partial charge in [0.1, 0.15) is 23.2 Å². The molecule has 0 radical (unpaired) electrons. The molecule has 1 aliphatic rings. The first-order chi connectivity index (χ1) is 16.1. The molecule has 3 heterocycles. The van der Waals surface area contributed by atoms with Crippen LogP contribution in [0.3, 0.4) is 0 Å². The standard InChI is InChI=1S/C24H24N6O3/c1-16-25-22(15-23(26-16)30-10-12-32-13-11-30)27-17-6-8-18(9-7-17)28-24(31)14-20-19-4-2-3-5-21(19)33-29-20/h2-9,15H,10-14H2,1H3,(H,28,31)(H,25,26,27). The number of anilines is 4. The van der Waals surface area contributed by atoms with Crippen molar-refractivity contribution in [1.29, 1.82) is 0 Å². The Morgan fingerprint density at radius 2 is 1.79 bits per heavy atom. The summed E-state index contributed by atoms with van der Waals surface area (Å²) in [5.74, 6) is 2.15. The number of carbonyl (C=O) groups excluding carboxylic acids is 1. The molecule has 0 aliphatic carbocycles. The zero-order chi connectivity index (χ0) is 22.6. The predicted octanol–water partition coefficient (Wildman–Crippen LogP) is 3.69. The van der Waals surface area contributed by atoms with Crippen LogP contribution >= 0.6 is 0 Å². The highest BCUT2D eigenvalue weighted by Crippen LogP contribution is 2.23. The maximum absolute atomic E-state index is 12.5. The highest BCUT2D eigenvalue weighted by molar-refractivity contribution is 5.94. The van der Waals surface area contributed by atoms with Crippen molar-refractivity contribution in [1.82, 2.24) is 15.1 Å². The Morgan fingerprint density at radius 1 is 1.03 bits per heavy atom. The van der Waals surface area contributed by atoms with Crippen LogP contribution in [0.5, 0.6) is 0 Å². The Hall–Kier alpha value is -3.98. The lowest BCUT2D eigenvalue weighted by Crippen LogP contribution is -2.36. The van der Waals surface area contributed by atoms with Gasteiger partial charge in [0.15, 0.2) is 5.58 Å². The van der Waals surface area contributed by atoms with Gasteiger partial charge < -0.3 is 24.8 Å². The van der Waals surface area contributed by atoms with Crippen LogP contribution in [-0.2, 0) is 16.0 Å². The summed E-state index contributed by atoms with van der Waals surface area (Å²) < 4.78 is 10.7. The molecule has 0 saturated carbocycles. The molecule has 1 aliphatic heterocycles. The highest BCUT2D eigenvalue weighted by atomic mass is 16.5. The first-order valence-electron chi connectivity index (χ1n) is 10.8. The number of amides is 1. The molecule has 0 spiro atoms. The topological polar surface area (TPSA) is 105 Å². The SMILES string of the molecule is Cc1nc(Nc2ccc(NC(=O)Cc3noc4ccccc34)cc2)cc(N2CCOCC2)n1. The second-order valence-electron chi connectivity index (χ2n) is 7.81. The van der Waals surface area contributed by atoms with Crippen molar-refractivity contribution in [3.63, 3.8) is 0 Å². The van der Waals surface area contributed by atoms with Gasteiger partial charge in [-0.05, 0) is 43.3 Å². The number of para-hydroxylation sites is 1. The molecule has 4 aromatic rings. The van der Waals surface area contributed by atoms with E-state index in [4.69, 9.17) is 9.26 Å². The molecule has 2 aromatic carbocycles. The van der Waals surface area contributed by atoms with Gasteiger partial charge >= 0.3 is 0 Å². The van der Waals surface area contributed by atoms with Crippen molar-refractivity contribution in [3.05, 3.63) is 66.1 Å². The van der Waals surface area contributed by atoms with Gasteiger partial charge in [-0.1, -0.05) is 17.3 Å². The molecule has 2 N–H and O–H groups in total. The summed E-state index contributed by atoms with van der Waals surface area (Å²) in [6, 6.07) is 16.9. The largest absolute Gasteiger partial charge is 0.378 e. The molecular formula is C24H24N6O3. The summed E-state index contributed by atoms with van der Waals surface area (Å²) in [6.45, 7) is 4.91. The first kappa shape index (κ1) is 20.9. The van der Waals surface area contributed by atoms with Crippen LogP contribution in [-0.4, -0.2) is 47.3 Å². The third-order valence-electron chi connectivity index (χ3n) is 5.38. The van der Waals surface area contributed by atoms with Crippen LogP contribution in [0.15, 0.2) is 59.1 Å². The van der Waals surface area contributed by atoms with Crippen LogP contribution in [0.25, 0.3) is 11.0 Å². The summed E-state index contributed by atoms with van der Waals surface area (Å²) in [4.78, 5) is 23.7. The number of benzene rings is 2. The molecule has 0 atom stereocenters. The second kappa shape index (κ2) is 9.25. The minimum absolute atomic E-state index is 0.140. The van der Waals surface area contributed by atoms with Crippen LogP contribution < -0.4 is 15.5 Å². The molecule has 1 amide bonds. The maximum atomic E-state index is 12.5. The molecule has 9 nitrogen and oxygen atoms in total. The predicted molar refractivity (Wildman–Crippen MR) is 126 cm³/mol. The van der Waals surface area contributed by atoms with Crippen LogP contribution in [0.2, 0.25) is 0 Å². The van der Waals surface area contributed by atoms with Gasteiger partial charge in [0, 0.05) is 35.9 Å². The van der Waals surface area contributed by atoms with Gasteiger partial charge in [-0.3, -0.25) is 4.79 Å². The first-order valence-corrected chi connectivity index (χ1v) is 10.8. The molecule has 9 heteroatoms. The minimum Gasteiger partial charge on any atom is -0.378 e. The smallest absolute Gasteiger partial charge is 0.230 e. The average Bonchev–Trinajstić information content (AvgIpc) is 3.23. The maximum Gasteiger partial charge on any atom is 0.230 e. The normalized spacial score (nSPS) is 13.8. The molecule has 1 saturated heterocycles. The van der Waals surface area contributed by atoms with Gasteiger partial charge in [0.05, 0.1) is 19.6 Å². The minimum atomic E-state index is -0.156. The van der Waals surface area contributed by atoms with E-state index >= 15 is 0 Å². The Bertz CT molecular complexity index is 1260. The molecule has 0 unspecified atom stereocenters. The number of ether oxygens (including phenoxy) is 1. The number of nitrogens with zero attached hydrogens (tertiary/aromatic N) is 4. The van der Waals surface area contributed by atoms with Crippen molar-refractivity contribution < 1.29 is 14.1 Å². The number of aromatic nitrogens is 3. The number of carbonyl (C=O) groups is 1. The van der Waals surface area contributed by atoms with E-state index < -0.39 is 0 Å². The molecule has 5 rings (SSSR count). The zero-order valence-corrected chi connectivity index (χ0v) is 18.2. The number of aryl methyl sites for hydroxylation is 1. The summed E-state index contributed by atoms with van der Waals surface area (Å²) >= 11 is 0. The number of hydrogen-bond donors (Lipinski definition) is 2. The van der Waals surface area contributed by atoms with Gasteiger partial charge in [-0.25, -0.2) is 9.97 Å². The number of nitrogens with one attached hydrogen (secondary N) is 2. The number of fused-ring (bicyclic) bond motifs is 1. The van der Waals surface area contributed by atoms with Gasteiger partial charge in [-0.15, -0.1) is 0 Å². The van der Waals surface area contributed by atoms with E-state index in [-0.39, 0.29) is 12.3 Å². The Labute approximate surface area is 190 Å². The highest BCUT2D eigenvalue weighted by Gasteiger charge is 2.15. The Morgan fingerprint density at radius 3 is 2.61 bits per heavy atom. The fraction of sp³-hybridized carbons (Fsp3) is 0.250. The lowest BCUT2D eigenvalue weighted by atomic mass is 10.1. The van der Waals surface area contributed by atoms with Crippen LogP contribution in [0.1, 0.15) is 11.5 Å². The van der Waals surface area contributed by atoms with Gasteiger partial charge in [0.2, 0.25) is 5.91 Å². The summed E-state index contributed by atoms with van der Waals surface area (Å²) in [5, 5.41) is 11.1. The van der Waals surface area contributed by atoms with E-state index in [1.54, 1.807) is 0 Å². The Balaban J connectivity index is 1.22. The third-order valence-corrected chi connectivity index (χ3v) is 5.38. The molecule has 33 heavy (non-hydrogen) atoms. The van der Waals surface area contributed by atoms with E-state index in [9.17, 15) is 4.79 Å². The number of rotatable bonds is 6. The number of morpholine rings is 1. The lowest BCUT2D eigenvalue weighted by Gasteiger charge is -2.28. The van der Waals surface area contributed by atoms with Gasteiger partial charge in [-0.2, -0.15) is 0 Å². The molecule has 2 aromatic heterocycles. The fourth-order valence-electron chi connectivity index (χ4n) is 3.78. The third kappa shape index (κ3) is 4.93. The lowest BCUT2D eigenvalue weighted by molar-refractivity contribution is -0.115. The fourth-order valence-corrected chi connectivity index (χ4v) is 3.78. The van der Waals surface area contributed by atoms with Crippen molar-refractivity contribution in [2.24, 2.45) is 0 Å². The van der Waals surface area contributed by atoms with E-state index in [1.807, 2.05) is 61.5 Å². The quantitative estimate of drug-likeness (QED) is 0.464. The van der Waals surface area contributed by atoms with Crippen molar-refractivity contribution in [2.45, 2.75) is 13.3 Å². The Kier molecular flexibility index (Phi) is 5.86. The van der Waals surface area contributed by atoms with E-state index in [0.717, 1.165) is 35.8 Å². The summed E-state index contributed by atoms with van der Waals surface area (Å²) in [7, 11) is 0. The molecule has 1 fully saturated rings. The average molecular weight is 444 g/mol. The van der Waals surface area contributed by atoms with Crippen molar-refractivity contribution >= 4 is 39.9 Å². The van der Waals surface area contributed by atoms with Crippen molar-refractivity contribution in [3.8, 4) is 0 Å². The van der Waals surface area contributed by atoms with E-state index in [2.05, 4.69) is 30.7 Å². The summed E-state index contributed by atoms with van der Waals surface area (Å²) in [5.41, 5.74) is 2.86. The van der Waals surface area contributed by atoms with Crippen LogP contribution in [0, 0.1) is 6.92 Å². The molecule has 0 bridgehead atoms. The zero-order valence-electron chi connectivity index (χ0n) is 18.2. The van der Waals surface area contributed by atoms with Crippen LogP contribution in [0.4, 0.5) is 23.0 Å². The second-order valence-corrected chi connectivity index (χ2v) is 7.81. The number of hydrogen-bond acceptors (Lipinski definition) is 8. The molecule has 168 valence electrons. The van der Waals surface area contributed by atoms with E-state index in [1.165, 1.54) is 0 Å². The van der Waals surface area contributed by atoms with Crippen molar-refractivity contribution in [2.75, 3.05) is 41.8 Å². The van der Waals surface area contributed by atoms with Gasteiger partial charge in [0.25, 0.3) is 0 Å². The summed E-state index contributed by atoms with van der Waals surface area (Å²) in [6.07, 6.45) is 0.140. The molecular weight excluding hydrogens is 420 g/mol.